The van der Waals surface area contributed by atoms with E-state index in [-0.39, 0.29) is 0 Å². The smallest absolute Gasteiger partial charge is 0.423 e. The predicted octanol–water partition coefficient (Wildman–Crippen LogP) is -0.620. The number of benzene rings is 1. The Bertz CT molecular complexity index is 291. The lowest BCUT2D eigenvalue weighted by molar-refractivity contribution is 0.426. The molecule has 0 heterocycles. The summed E-state index contributed by atoms with van der Waals surface area (Å²) in [5, 5.41) is 20.9. The van der Waals surface area contributed by atoms with E-state index in [9.17, 15) is 0 Å². The van der Waals surface area contributed by atoms with E-state index in [0.717, 1.165) is 12.2 Å². The van der Waals surface area contributed by atoms with Crippen molar-refractivity contribution in [3.63, 3.8) is 0 Å². The molecule has 1 aromatic rings. The fourth-order valence-corrected chi connectivity index (χ4v) is 1.13. The molecule has 0 unspecified atom stereocenters. The van der Waals surface area contributed by atoms with Crippen molar-refractivity contribution in [3.05, 3.63) is 18.2 Å². The maximum atomic E-state index is 8.91. The maximum absolute atomic E-state index is 8.91. The van der Waals surface area contributed by atoms with Crippen LogP contribution in [0, 0.1) is 0 Å². The minimum Gasteiger partial charge on any atom is -0.423 e. The molecule has 0 aromatic heterocycles. The summed E-state index contributed by atoms with van der Waals surface area (Å²) in [5.41, 5.74) is 7.28. The van der Waals surface area contributed by atoms with Crippen molar-refractivity contribution < 1.29 is 10.0 Å². The molecule has 1 rings (SSSR count). The molecule has 0 aliphatic carbocycles. The van der Waals surface area contributed by atoms with Gasteiger partial charge in [-0.1, -0.05) is 0 Å². The first-order valence-corrected chi connectivity index (χ1v) is 4.14. The third kappa shape index (κ3) is 2.64. The number of hydrogen-bond donors (Lipinski definition) is 4. The van der Waals surface area contributed by atoms with Crippen LogP contribution in [0.2, 0.25) is 0 Å². The van der Waals surface area contributed by atoms with E-state index < -0.39 is 7.12 Å². The zero-order valence-corrected chi connectivity index (χ0v) is 7.49. The Kier molecular flexibility index (Phi) is 3.16. The minimum absolute atomic E-state index is 0.399. The number of nitrogens with two attached hydrogens (primary N) is 1. The number of hydrogen-bond acceptors (Lipinski definition) is 4. The molecule has 13 heavy (non-hydrogen) atoms. The van der Waals surface area contributed by atoms with Gasteiger partial charge in [0.25, 0.3) is 0 Å². The molecule has 0 aliphatic rings. The topological polar surface area (TPSA) is 78.5 Å². The standard InChI is InChI=1S/C8H13BN2O2/c1-2-11-8-4-6(9(12)13)3-7(10)5-8/h3-5,11-13H,2,10H2,1H3. The molecule has 0 saturated heterocycles. The zero-order chi connectivity index (χ0) is 9.84. The molecule has 0 radical (unpaired) electrons. The molecule has 0 aliphatic heterocycles. The van der Waals surface area contributed by atoms with E-state index in [1.54, 1.807) is 12.1 Å². The van der Waals surface area contributed by atoms with Gasteiger partial charge < -0.3 is 21.1 Å². The Balaban J connectivity index is 2.96. The molecule has 0 fully saturated rings. The van der Waals surface area contributed by atoms with E-state index in [1.807, 2.05) is 6.92 Å². The molecule has 0 amide bonds. The summed E-state index contributed by atoms with van der Waals surface area (Å²) >= 11 is 0. The fourth-order valence-electron chi connectivity index (χ4n) is 1.13. The first-order valence-electron chi connectivity index (χ1n) is 4.14. The van der Waals surface area contributed by atoms with Crippen molar-refractivity contribution in [1.82, 2.24) is 0 Å². The first kappa shape index (κ1) is 9.89. The van der Waals surface area contributed by atoms with E-state index in [1.165, 1.54) is 6.07 Å². The predicted molar refractivity (Wildman–Crippen MR) is 54.8 cm³/mol. The van der Waals surface area contributed by atoms with Crippen molar-refractivity contribution >= 4 is 24.0 Å². The summed E-state index contributed by atoms with van der Waals surface area (Å²) in [6.45, 7) is 2.72. The third-order valence-electron chi connectivity index (χ3n) is 1.66. The van der Waals surface area contributed by atoms with Gasteiger partial charge in [0.1, 0.15) is 0 Å². The summed E-state index contributed by atoms with van der Waals surface area (Å²) in [6.07, 6.45) is 0. The summed E-state index contributed by atoms with van der Waals surface area (Å²) in [5.74, 6) is 0. The minimum atomic E-state index is -1.47. The van der Waals surface area contributed by atoms with Gasteiger partial charge in [0.15, 0.2) is 0 Å². The summed E-state index contributed by atoms with van der Waals surface area (Å²) < 4.78 is 0. The molecular formula is C8H13BN2O2. The van der Waals surface area contributed by atoms with Crippen molar-refractivity contribution in [2.24, 2.45) is 0 Å². The molecule has 1 aromatic carbocycles. The van der Waals surface area contributed by atoms with Crippen LogP contribution in [0.5, 0.6) is 0 Å². The molecule has 5 heteroatoms. The second-order valence-electron chi connectivity index (χ2n) is 2.79. The highest BCUT2D eigenvalue weighted by molar-refractivity contribution is 6.58. The van der Waals surface area contributed by atoms with Gasteiger partial charge in [-0.05, 0) is 30.6 Å². The lowest BCUT2D eigenvalue weighted by Crippen LogP contribution is -2.30. The van der Waals surface area contributed by atoms with Gasteiger partial charge in [0.2, 0.25) is 0 Å². The highest BCUT2D eigenvalue weighted by Gasteiger charge is 2.11. The van der Waals surface area contributed by atoms with Gasteiger partial charge in [-0.3, -0.25) is 0 Å². The fraction of sp³-hybridized carbons (Fsp3) is 0.250. The summed E-state index contributed by atoms with van der Waals surface area (Å²) in [6, 6.07) is 4.94. The lowest BCUT2D eigenvalue weighted by Gasteiger charge is -2.07. The van der Waals surface area contributed by atoms with Gasteiger partial charge in [0.05, 0.1) is 0 Å². The molecular weight excluding hydrogens is 167 g/mol. The normalized spacial score (nSPS) is 9.77. The number of anilines is 2. The molecule has 4 nitrogen and oxygen atoms in total. The van der Waals surface area contributed by atoms with Crippen LogP contribution in [-0.4, -0.2) is 23.7 Å². The van der Waals surface area contributed by atoms with Gasteiger partial charge in [0, 0.05) is 17.9 Å². The average Bonchev–Trinajstić information content (AvgIpc) is 2.03. The number of nitrogen functional groups attached to an aromatic ring is 1. The molecule has 0 spiro atoms. The van der Waals surface area contributed by atoms with E-state index >= 15 is 0 Å². The Morgan fingerprint density at radius 1 is 1.38 bits per heavy atom. The van der Waals surface area contributed by atoms with Crippen LogP contribution in [0.15, 0.2) is 18.2 Å². The Morgan fingerprint density at radius 2 is 2.08 bits per heavy atom. The Labute approximate surface area is 77.5 Å². The van der Waals surface area contributed by atoms with Crippen LogP contribution in [0.25, 0.3) is 0 Å². The van der Waals surface area contributed by atoms with Crippen LogP contribution in [0.4, 0.5) is 11.4 Å². The maximum Gasteiger partial charge on any atom is 0.488 e. The zero-order valence-electron chi connectivity index (χ0n) is 7.49. The molecule has 0 bridgehead atoms. The average molecular weight is 180 g/mol. The van der Waals surface area contributed by atoms with Crippen LogP contribution in [-0.2, 0) is 0 Å². The lowest BCUT2D eigenvalue weighted by atomic mass is 9.80. The highest BCUT2D eigenvalue weighted by Crippen LogP contribution is 2.10. The number of rotatable bonds is 3. The van der Waals surface area contributed by atoms with E-state index in [0.29, 0.717) is 11.2 Å². The largest absolute Gasteiger partial charge is 0.488 e. The molecule has 5 N–H and O–H groups in total. The Hall–Kier alpha value is -1.20. The van der Waals surface area contributed by atoms with Crippen LogP contribution in [0.1, 0.15) is 6.92 Å². The third-order valence-corrected chi connectivity index (χ3v) is 1.66. The monoisotopic (exact) mass is 180 g/mol. The van der Waals surface area contributed by atoms with Crippen LogP contribution in [0.3, 0.4) is 0 Å². The molecule has 0 saturated carbocycles. The van der Waals surface area contributed by atoms with Crippen molar-refractivity contribution in [2.75, 3.05) is 17.6 Å². The van der Waals surface area contributed by atoms with Crippen molar-refractivity contribution in [2.45, 2.75) is 6.92 Å². The van der Waals surface area contributed by atoms with E-state index in [4.69, 9.17) is 15.8 Å². The number of nitrogens with one attached hydrogen (secondary N) is 1. The summed E-state index contributed by atoms with van der Waals surface area (Å²) in [4.78, 5) is 0. The van der Waals surface area contributed by atoms with E-state index in [2.05, 4.69) is 5.32 Å². The van der Waals surface area contributed by atoms with Crippen molar-refractivity contribution in [1.29, 1.82) is 0 Å². The first-order chi connectivity index (χ1) is 6.13. The second kappa shape index (κ2) is 4.16. The SMILES string of the molecule is CCNc1cc(N)cc(B(O)O)c1. The second-order valence-corrected chi connectivity index (χ2v) is 2.79. The Morgan fingerprint density at radius 3 is 2.62 bits per heavy atom. The van der Waals surface area contributed by atoms with Crippen molar-refractivity contribution in [3.8, 4) is 0 Å². The van der Waals surface area contributed by atoms with Gasteiger partial charge in [-0.2, -0.15) is 0 Å². The van der Waals surface area contributed by atoms with Gasteiger partial charge in [-0.15, -0.1) is 0 Å². The molecule has 70 valence electrons. The molecule has 0 atom stereocenters. The highest BCUT2D eigenvalue weighted by atomic mass is 16.4. The van der Waals surface area contributed by atoms with Gasteiger partial charge >= 0.3 is 7.12 Å². The van der Waals surface area contributed by atoms with Crippen LogP contribution >= 0.6 is 0 Å². The summed E-state index contributed by atoms with van der Waals surface area (Å²) in [7, 11) is -1.47. The quantitative estimate of drug-likeness (QED) is 0.369. The van der Waals surface area contributed by atoms with Gasteiger partial charge in [-0.25, -0.2) is 0 Å². The van der Waals surface area contributed by atoms with Crippen LogP contribution < -0.4 is 16.5 Å².